The molecule has 0 radical (unpaired) electrons. The van der Waals surface area contributed by atoms with E-state index in [2.05, 4.69) is 15.6 Å². The molecule has 0 saturated heterocycles. The number of aliphatic hydroxyl groups is 1. The highest BCUT2D eigenvalue weighted by atomic mass is 32.1. The van der Waals surface area contributed by atoms with Gasteiger partial charge >= 0.3 is 6.03 Å². The Morgan fingerprint density at radius 1 is 1.30 bits per heavy atom. The van der Waals surface area contributed by atoms with Crippen LogP contribution in [0.5, 0.6) is 0 Å². The predicted octanol–water partition coefficient (Wildman–Crippen LogP) is 3.65. The molecule has 3 N–H and O–H groups in total. The largest absolute Gasteiger partial charge is 0.391 e. The molecule has 0 saturated carbocycles. The molecule has 0 fully saturated rings. The first kappa shape index (κ1) is 17.4. The molecule has 2 aromatic rings. The van der Waals surface area contributed by atoms with Crippen molar-refractivity contribution in [1.29, 1.82) is 0 Å². The molecule has 0 aliphatic carbocycles. The quantitative estimate of drug-likeness (QED) is 0.755. The summed E-state index contributed by atoms with van der Waals surface area (Å²) in [7, 11) is 0. The van der Waals surface area contributed by atoms with Gasteiger partial charge in [-0.2, -0.15) is 0 Å². The predicted molar refractivity (Wildman–Crippen MR) is 94.8 cm³/mol. The lowest BCUT2D eigenvalue weighted by Crippen LogP contribution is -2.35. The molecule has 1 heterocycles. The van der Waals surface area contributed by atoms with Crippen LogP contribution in [0.1, 0.15) is 25.3 Å². The number of nitrogens with one attached hydrogen (secondary N) is 2. The number of nitrogens with zero attached hydrogens (tertiary/aromatic N) is 1. The van der Waals surface area contributed by atoms with Crippen molar-refractivity contribution < 1.29 is 9.90 Å². The van der Waals surface area contributed by atoms with Crippen LogP contribution < -0.4 is 10.6 Å². The van der Waals surface area contributed by atoms with Gasteiger partial charge in [0.25, 0.3) is 0 Å². The lowest BCUT2D eigenvalue weighted by atomic mass is 10.1. The number of thiazole rings is 1. The van der Waals surface area contributed by atoms with Crippen molar-refractivity contribution in [3.8, 4) is 11.3 Å². The number of hydrogen-bond acceptors (Lipinski definition) is 4. The Kier molecular flexibility index (Phi) is 6.12. The van der Waals surface area contributed by atoms with Crippen LogP contribution in [0.2, 0.25) is 0 Å². The Bertz CT molecular complexity index is 638. The van der Waals surface area contributed by atoms with Crippen molar-refractivity contribution in [2.75, 3.05) is 11.9 Å². The van der Waals surface area contributed by atoms with E-state index in [-0.39, 0.29) is 12.6 Å². The van der Waals surface area contributed by atoms with Crippen molar-refractivity contribution in [1.82, 2.24) is 10.3 Å². The summed E-state index contributed by atoms with van der Waals surface area (Å²) >= 11 is 1.61. The second-order valence-electron chi connectivity index (χ2n) is 5.95. The summed E-state index contributed by atoms with van der Waals surface area (Å²) in [6.45, 7) is 6.30. The molecule has 5 nitrogen and oxygen atoms in total. The molecular formula is C17H23N3O2S. The van der Waals surface area contributed by atoms with E-state index in [1.807, 2.05) is 50.4 Å². The van der Waals surface area contributed by atoms with Gasteiger partial charge in [-0.05, 0) is 31.4 Å². The molecule has 23 heavy (non-hydrogen) atoms. The lowest BCUT2D eigenvalue weighted by Gasteiger charge is -2.14. The van der Waals surface area contributed by atoms with Crippen molar-refractivity contribution in [2.45, 2.75) is 33.3 Å². The van der Waals surface area contributed by atoms with E-state index < -0.39 is 6.10 Å². The van der Waals surface area contributed by atoms with Crippen molar-refractivity contribution in [2.24, 2.45) is 5.92 Å². The highest BCUT2D eigenvalue weighted by Gasteiger charge is 2.09. The minimum Gasteiger partial charge on any atom is -0.391 e. The Morgan fingerprint density at radius 2 is 2.00 bits per heavy atom. The van der Waals surface area contributed by atoms with Gasteiger partial charge in [-0.1, -0.05) is 26.0 Å². The van der Waals surface area contributed by atoms with Gasteiger partial charge in [-0.3, -0.25) is 0 Å². The molecule has 0 aliphatic heterocycles. The number of amides is 2. The molecule has 6 heteroatoms. The molecule has 0 aliphatic rings. The summed E-state index contributed by atoms with van der Waals surface area (Å²) in [6, 6.07) is 7.22. The topological polar surface area (TPSA) is 74.2 Å². The Morgan fingerprint density at radius 3 is 2.57 bits per heavy atom. The molecular weight excluding hydrogens is 310 g/mol. The normalized spacial score (nSPS) is 12.2. The van der Waals surface area contributed by atoms with Gasteiger partial charge in [-0.25, -0.2) is 9.78 Å². The third-order valence-corrected chi connectivity index (χ3v) is 4.07. The maximum absolute atomic E-state index is 11.8. The van der Waals surface area contributed by atoms with Crippen LogP contribution in [0.4, 0.5) is 10.5 Å². The minimum atomic E-state index is -0.518. The number of rotatable bonds is 6. The SMILES string of the molecule is Cc1nc(-c2ccc(NC(=O)NCC(O)CC(C)C)cc2)cs1. The van der Waals surface area contributed by atoms with E-state index in [0.29, 0.717) is 18.0 Å². The number of aromatic nitrogens is 1. The van der Waals surface area contributed by atoms with E-state index in [1.165, 1.54) is 0 Å². The zero-order valence-corrected chi connectivity index (χ0v) is 14.5. The van der Waals surface area contributed by atoms with Crippen molar-refractivity contribution in [3.05, 3.63) is 34.7 Å². The standard InChI is InChI=1S/C17H23N3O2S/c1-11(2)8-15(21)9-18-17(22)20-14-6-4-13(5-7-14)16-10-23-12(3)19-16/h4-7,10-11,15,21H,8-9H2,1-3H3,(H2,18,20,22). The van der Waals surface area contributed by atoms with Gasteiger partial charge in [0.2, 0.25) is 0 Å². The van der Waals surface area contributed by atoms with Gasteiger partial charge < -0.3 is 15.7 Å². The smallest absolute Gasteiger partial charge is 0.319 e. The average Bonchev–Trinajstić information content (AvgIpc) is 2.92. The van der Waals surface area contributed by atoms with Gasteiger partial charge in [0.05, 0.1) is 16.8 Å². The van der Waals surface area contributed by atoms with Crippen LogP contribution in [0.15, 0.2) is 29.6 Å². The average molecular weight is 333 g/mol. The third kappa shape index (κ3) is 5.65. The molecule has 1 unspecified atom stereocenters. The van der Waals surface area contributed by atoms with E-state index in [1.54, 1.807) is 11.3 Å². The van der Waals surface area contributed by atoms with Gasteiger partial charge in [0, 0.05) is 23.2 Å². The summed E-state index contributed by atoms with van der Waals surface area (Å²) in [5.74, 6) is 0.400. The van der Waals surface area contributed by atoms with Crippen molar-refractivity contribution >= 4 is 23.1 Å². The molecule has 1 aromatic heterocycles. The Balaban J connectivity index is 1.84. The summed E-state index contributed by atoms with van der Waals surface area (Å²) in [5.41, 5.74) is 2.67. The van der Waals surface area contributed by atoms with Gasteiger partial charge in [-0.15, -0.1) is 11.3 Å². The Hall–Kier alpha value is -1.92. The molecule has 2 rings (SSSR count). The number of carbonyl (C=O) groups excluding carboxylic acids is 1. The lowest BCUT2D eigenvalue weighted by molar-refractivity contribution is 0.148. The highest BCUT2D eigenvalue weighted by Crippen LogP contribution is 2.23. The number of aryl methyl sites for hydroxylation is 1. The number of anilines is 1. The van der Waals surface area contributed by atoms with Crippen LogP contribution in [-0.2, 0) is 0 Å². The maximum atomic E-state index is 11.8. The van der Waals surface area contributed by atoms with E-state index >= 15 is 0 Å². The fraction of sp³-hybridized carbons (Fsp3) is 0.412. The number of hydrogen-bond donors (Lipinski definition) is 3. The third-order valence-electron chi connectivity index (χ3n) is 3.30. The number of benzene rings is 1. The van der Waals surface area contributed by atoms with Gasteiger partial charge in [0.15, 0.2) is 0 Å². The Labute approximate surface area is 140 Å². The second kappa shape index (κ2) is 8.08. The van der Waals surface area contributed by atoms with E-state index in [9.17, 15) is 9.90 Å². The number of aliphatic hydroxyl groups excluding tert-OH is 1. The minimum absolute atomic E-state index is 0.250. The highest BCUT2D eigenvalue weighted by molar-refractivity contribution is 7.09. The van der Waals surface area contributed by atoms with E-state index in [4.69, 9.17) is 0 Å². The van der Waals surface area contributed by atoms with Crippen LogP contribution in [0.25, 0.3) is 11.3 Å². The van der Waals surface area contributed by atoms with Crippen LogP contribution >= 0.6 is 11.3 Å². The molecule has 0 spiro atoms. The van der Waals surface area contributed by atoms with Crippen LogP contribution in [-0.4, -0.2) is 28.8 Å². The van der Waals surface area contributed by atoms with Crippen molar-refractivity contribution in [3.63, 3.8) is 0 Å². The fourth-order valence-corrected chi connectivity index (χ4v) is 2.86. The molecule has 124 valence electrons. The summed E-state index contributed by atoms with van der Waals surface area (Å²) < 4.78 is 0. The number of urea groups is 1. The molecule has 2 amide bonds. The van der Waals surface area contributed by atoms with Crippen LogP contribution in [0, 0.1) is 12.8 Å². The van der Waals surface area contributed by atoms with Gasteiger partial charge in [0.1, 0.15) is 0 Å². The second-order valence-corrected chi connectivity index (χ2v) is 7.01. The summed E-state index contributed by atoms with van der Waals surface area (Å²) in [6.07, 6.45) is 0.151. The molecule has 0 bridgehead atoms. The zero-order chi connectivity index (χ0) is 16.8. The first-order valence-corrected chi connectivity index (χ1v) is 8.57. The first-order chi connectivity index (χ1) is 10.9. The summed E-state index contributed by atoms with van der Waals surface area (Å²) in [5, 5.41) is 18.2. The fourth-order valence-electron chi connectivity index (χ4n) is 2.23. The molecule has 1 atom stereocenters. The zero-order valence-electron chi connectivity index (χ0n) is 13.7. The monoisotopic (exact) mass is 333 g/mol. The number of carbonyl (C=O) groups is 1. The first-order valence-electron chi connectivity index (χ1n) is 7.69. The summed E-state index contributed by atoms with van der Waals surface area (Å²) in [4.78, 5) is 16.3. The molecule has 1 aromatic carbocycles. The maximum Gasteiger partial charge on any atom is 0.319 e. The van der Waals surface area contributed by atoms with E-state index in [0.717, 1.165) is 16.3 Å². The van der Waals surface area contributed by atoms with Crippen LogP contribution in [0.3, 0.4) is 0 Å².